The fourth-order valence-corrected chi connectivity index (χ4v) is 1.49. The van der Waals surface area contributed by atoms with Crippen LogP contribution in [0.3, 0.4) is 0 Å². The molecule has 0 bridgehead atoms. The molecule has 2 atom stereocenters. The molecule has 0 aliphatic heterocycles. The van der Waals surface area contributed by atoms with Crippen LogP contribution in [0.1, 0.15) is 0 Å². The van der Waals surface area contributed by atoms with Crippen molar-refractivity contribution in [3.63, 3.8) is 0 Å². The molecule has 0 aromatic rings. The molecule has 0 heterocycles. The lowest BCUT2D eigenvalue weighted by molar-refractivity contribution is -0.613. The number of carbonyl (C=O) groups excluding carboxylic acids is 1. The Labute approximate surface area is 82.0 Å². The van der Waals surface area contributed by atoms with E-state index in [2.05, 4.69) is 15.9 Å². The highest BCUT2D eigenvalue weighted by atomic mass is 79.9. The highest BCUT2D eigenvalue weighted by Gasteiger charge is 2.47. The molecule has 0 radical (unpaired) electrons. The van der Waals surface area contributed by atoms with Crippen LogP contribution in [0.5, 0.6) is 0 Å². The van der Waals surface area contributed by atoms with Crippen LogP contribution < -0.4 is 0 Å². The fourth-order valence-electron chi connectivity index (χ4n) is 1.00. The average molecular weight is 248 g/mol. The smallest absolute Gasteiger partial charge is 0.326 e. The van der Waals surface area contributed by atoms with Gasteiger partial charge in [-0.1, -0.05) is 28.1 Å². The summed E-state index contributed by atoms with van der Waals surface area (Å²) in [6.45, 7) is 0. The Morgan fingerprint density at radius 3 is 2.85 bits per heavy atom. The first kappa shape index (κ1) is 10.1. The molecule has 0 aromatic carbocycles. The maximum absolute atomic E-state index is 10.5. The zero-order valence-corrected chi connectivity index (χ0v) is 7.97. The Morgan fingerprint density at radius 2 is 2.38 bits per heavy atom. The molecule has 2 unspecified atom stereocenters. The lowest BCUT2D eigenvalue weighted by Gasteiger charge is -2.21. The third kappa shape index (κ3) is 1.68. The molecule has 1 aliphatic carbocycles. The van der Waals surface area contributed by atoms with Crippen LogP contribution in [0, 0.1) is 16.0 Å². The number of hydrogen-bond acceptors (Lipinski definition) is 4. The van der Waals surface area contributed by atoms with Crippen LogP contribution in [0.25, 0.3) is 0 Å². The van der Waals surface area contributed by atoms with E-state index in [1.165, 1.54) is 12.2 Å². The molecule has 5 nitrogen and oxygen atoms in total. The Hall–Kier alpha value is -1.01. The molecule has 1 rings (SSSR count). The number of nitrogens with zero attached hydrogens (tertiary/aromatic N) is 1. The van der Waals surface area contributed by atoms with Crippen molar-refractivity contribution in [3.05, 3.63) is 32.8 Å². The van der Waals surface area contributed by atoms with Crippen LogP contribution in [-0.2, 0) is 4.79 Å². The average Bonchev–Trinajstić information content (AvgIpc) is 2.04. The van der Waals surface area contributed by atoms with E-state index in [4.69, 9.17) is 0 Å². The molecular weight excluding hydrogens is 242 g/mol. The minimum Gasteiger partial charge on any atom is -0.326 e. The number of carbonyl (C=O) groups is 1. The van der Waals surface area contributed by atoms with E-state index < -0.39 is 16.6 Å². The van der Waals surface area contributed by atoms with Gasteiger partial charge in [-0.25, -0.2) is 0 Å². The van der Waals surface area contributed by atoms with Gasteiger partial charge in [-0.05, 0) is 0 Å². The topological polar surface area (TPSA) is 80.4 Å². The maximum atomic E-state index is 10.5. The van der Waals surface area contributed by atoms with Crippen molar-refractivity contribution in [1.29, 1.82) is 0 Å². The summed E-state index contributed by atoms with van der Waals surface area (Å²) in [6, 6.07) is 0. The summed E-state index contributed by atoms with van der Waals surface area (Å²) in [6.07, 6.45) is 4.10. The number of allylic oxidation sites excluding steroid dienone is 2. The van der Waals surface area contributed by atoms with E-state index in [9.17, 15) is 20.0 Å². The lowest BCUT2D eigenvalue weighted by Crippen LogP contribution is -2.45. The molecule has 0 amide bonds. The predicted molar refractivity (Wildman–Crippen MR) is 47.6 cm³/mol. The third-order valence-corrected chi connectivity index (χ3v) is 2.24. The van der Waals surface area contributed by atoms with Gasteiger partial charge in [0.1, 0.15) is 12.2 Å². The molecule has 1 aliphatic rings. The van der Waals surface area contributed by atoms with Gasteiger partial charge in [0.05, 0.1) is 4.92 Å². The Balaban J connectivity index is 3.12. The summed E-state index contributed by atoms with van der Waals surface area (Å²) in [5, 5.41) is 20.0. The molecule has 0 spiro atoms. The molecule has 13 heavy (non-hydrogen) atoms. The van der Waals surface area contributed by atoms with Crippen LogP contribution in [-0.4, -0.2) is 22.0 Å². The quantitative estimate of drug-likeness (QED) is 0.336. The molecule has 70 valence electrons. The van der Waals surface area contributed by atoms with Crippen LogP contribution >= 0.6 is 15.9 Å². The SMILES string of the molecule is O=CC1C=CC(Br)=CC1(O)[N+](=O)[O-]. The van der Waals surface area contributed by atoms with E-state index in [1.54, 1.807) is 0 Å². The summed E-state index contributed by atoms with van der Waals surface area (Å²) in [5.41, 5.74) is -2.32. The van der Waals surface area contributed by atoms with Crippen LogP contribution in [0.2, 0.25) is 0 Å². The maximum Gasteiger partial charge on any atom is 0.356 e. The minimum atomic E-state index is -2.32. The predicted octanol–water partition coefficient (Wildman–Crippen LogP) is 0.615. The Kier molecular flexibility index (Phi) is 2.63. The van der Waals surface area contributed by atoms with Gasteiger partial charge < -0.3 is 9.90 Å². The number of halogens is 1. The van der Waals surface area contributed by atoms with Gasteiger partial charge in [0.15, 0.2) is 0 Å². The fraction of sp³-hybridized carbons (Fsp3) is 0.286. The second-order valence-corrected chi connectivity index (χ2v) is 3.51. The van der Waals surface area contributed by atoms with Crippen molar-refractivity contribution in [2.45, 2.75) is 5.72 Å². The van der Waals surface area contributed by atoms with Gasteiger partial charge in [0.2, 0.25) is 0 Å². The molecule has 6 heteroatoms. The summed E-state index contributed by atoms with van der Waals surface area (Å²) >= 11 is 2.98. The van der Waals surface area contributed by atoms with Crippen molar-refractivity contribution < 1.29 is 14.8 Å². The van der Waals surface area contributed by atoms with E-state index in [1.807, 2.05) is 0 Å². The largest absolute Gasteiger partial charge is 0.356 e. The van der Waals surface area contributed by atoms with Crippen molar-refractivity contribution in [2.75, 3.05) is 0 Å². The number of rotatable bonds is 2. The van der Waals surface area contributed by atoms with Gasteiger partial charge in [0.25, 0.3) is 0 Å². The number of aldehydes is 1. The van der Waals surface area contributed by atoms with Crippen molar-refractivity contribution >= 4 is 22.2 Å². The Bertz CT molecular complexity index is 312. The van der Waals surface area contributed by atoms with Gasteiger partial charge in [-0.15, -0.1) is 0 Å². The third-order valence-electron chi connectivity index (χ3n) is 1.74. The van der Waals surface area contributed by atoms with Gasteiger partial charge >= 0.3 is 5.72 Å². The van der Waals surface area contributed by atoms with Crippen molar-refractivity contribution in [1.82, 2.24) is 0 Å². The standard InChI is InChI=1S/C7H6BrNO4/c8-6-2-1-5(4-10)7(11,3-6)9(12)13/h1-5,11H. The minimum absolute atomic E-state index is 0.343. The van der Waals surface area contributed by atoms with Crippen molar-refractivity contribution in [2.24, 2.45) is 5.92 Å². The van der Waals surface area contributed by atoms with E-state index >= 15 is 0 Å². The highest BCUT2D eigenvalue weighted by Crippen LogP contribution is 2.28. The zero-order valence-electron chi connectivity index (χ0n) is 6.38. The summed E-state index contributed by atoms with van der Waals surface area (Å²) in [4.78, 5) is 20.0. The van der Waals surface area contributed by atoms with Crippen molar-refractivity contribution in [3.8, 4) is 0 Å². The number of hydrogen-bond donors (Lipinski definition) is 1. The van der Waals surface area contributed by atoms with Crippen LogP contribution in [0.15, 0.2) is 22.7 Å². The second-order valence-electron chi connectivity index (χ2n) is 2.59. The first-order valence-electron chi connectivity index (χ1n) is 3.39. The molecule has 1 N–H and O–H groups in total. The second kappa shape index (κ2) is 3.39. The first-order valence-corrected chi connectivity index (χ1v) is 4.18. The zero-order chi connectivity index (χ0) is 10.1. The van der Waals surface area contributed by atoms with E-state index in [0.717, 1.165) is 6.08 Å². The highest BCUT2D eigenvalue weighted by molar-refractivity contribution is 9.11. The van der Waals surface area contributed by atoms with Gasteiger partial charge in [0, 0.05) is 10.6 Å². The van der Waals surface area contributed by atoms with Crippen LogP contribution in [0.4, 0.5) is 0 Å². The van der Waals surface area contributed by atoms with E-state index in [0.29, 0.717) is 10.8 Å². The Morgan fingerprint density at radius 1 is 1.77 bits per heavy atom. The normalized spacial score (nSPS) is 32.5. The first-order chi connectivity index (χ1) is 6.00. The molecular formula is C7H6BrNO4. The summed E-state index contributed by atoms with van der Waals surface area (Å²) in [7, 11) is 0. The van der Waals surface area contributed by atoms with Gasteiger partial charge in [-0.3, -0.25) is 10.1 Å². The molecule has 0 aromatic heterocycles. The van der Waals surface area contributed by atoms with Gasteiger partial charge in [-0.2, -0.15) is 0 Å². The monoisotopic (exact) mass is 247 g/mol. The summed E-state index contributed by atoms with van der Waals surface area (Å²) < 4.78 is 0.379. The molecule has 0 saturated heterocycles. The number of aliphatic hydroxyl groups is 1. The number of nitro groups is 1. The lowest BCUT2D eigenvalue weighted by atomic mass is 9.93. The molecule has 0 fully saturated rings. The molecule has 0 saturated carbocycles. The summed E-state index contributed by atoms with van der Waals surface area (Å²) in [5.74, 6) is -1.14. The van der Waals surface area contributed by atoms with E-state index in [-0.39, 0.29) is 0 Å².